The molecule has 0 saturated carbocycles. The number of hydrogen-bond donors (Lipinski definition) is 4. The van der Waals surface area contributed by atoms with E-state index in [-0.39, 0.29) is 12.5 Å². The molecular formula is C19H28O6. The second-order valence-corrected chi connectivity index (χ2v) is 7.45. The molecule has 1 aliphatic carbocycles. The van der Waals surface area contributed by atoms with Crippen LogP contribution in [0, 0.1) is 11.8 Å². The Kier molecular flexibility index (Phi) is 5.59. The third-order valence-electron chi connectivity index (χ3n) is 5.29. The minimum absolute atomic E-state index is 0.0682. The number of allylic oxidation sites excluding steroid dienone is 2. The zero-order chi connectivity index (χ0) is 19.0. The van der Waals surface area contributed by atoms with Gasteiger partial charge in [0.2, 0.25) is 0 Å². The zero-order valence-electron chi connectivity index (χ0n) is 15.1. The molecule has 0 aromatic heterocycles. The van der Waals surface area contributed by atoms with Gasteiger partial charge in [-0.2, -0.15) is 0 Å². The Bertz CT molecular complexity index is 613. The van der Waals surface area contributed by atoms with Gasteiger partial charge in [-0.3, -0.25) is 4.79 Å². The summed E-state index contributed by atoms with van der Waals surface area (Å²) in [5.74, 6) is -0.690. The van der Waals surface area contributed by atoms with Crippen LogP contribution in [-0.4, -0.2) is 56.2 Å². The van der Waals surface area contributed by atoms with Crippen molar-refractivity contribution in [1.82, 2.24) is 0 Å². The van der Waals surface area contributed by atoms with E-state index in [2.05, 4.69) is 0 Å². The molecule has 140 valence electrons. The molecule has 1 heterocycles. The number of carbonyl (C=O) groups excluding carboxylic acids is 1. The first-order valence-corrected chi connectivity index (χ1v) is 8.61. The van der Waals surface area contributed by atoms with Gasteiger partial charge in [0.25, 0.3) is 0 Å². The third kappa shape index (κ3) is 3.87. The summed E-state index contributed by atoms with van der Waals surface area (Å²) in [7, 11) is 0. The number of aliphatic hydroxyl groups excluding tert-OH is 2. The zero-order valence-corrected chi connectivity index (χ0v) is 15.1. The van der Waals surface area contributed by atoms with Crippen molar-refractivity contribution in [3.8, 4) is 0 Å². The lowest BCUT2D eigenvalue weighted by molar-refractivity contribution is -0.150. The van der Waals surface area contributed by atoms with Crippen LogP contribution in [0.4, 0.5) is 0 Å². The van der Waals surface area contributed by atoms with Gasteiger partial charge in [0.15, 0.2) is 11.4 Å². The second kappa shape index (κ2) is 7.03. The SMILES string of the molecule is CC[C@H](C)[C@H](O)[C@](C)(O)/C=C/C1=CC2=CC(=O)[C@](C)(O)[C@@H](O)[C@@H]2CO1. The lowest BCUT2D eigenvalue weighted by Crippen LogP contribution is -2.54. The Hall–Kier alpha value is -1.47. The third-order valence-corrected chi connectivity index (χ3v) is 5.29. The average molecular weight is 352 g/mol. The smallest absolute Gasteiger partial charge is 0.189 e. The lowest BCUT2D eigenvalue weighted by Gasteiger charge is -2.39. The first-order chi connectivity index (χ1) is 11.5. The quantitative estimate of drug-likeness (QED) is 0.584. The summed E-state index contributed by atoms with van der Waals surface area (Å²) in [6, 6.07) is 0. The van der Waals surface area contributed by atoms with Gasteiger partial charge in [0.05, 0.1) is 18.8 Å². The van der Waals surface area contributed by atoms with Crippen molar-refractivity contribution >= 4 is 5.78 Å². The van der Waals surface area contributed by atoms with E-state index in [0.717, 1.165) is 6.42 Å². The maximum Gasteiger partial charge on any atom is 0.189 e. The van der Waals surface area contributed by atoms with Crippen LogP contribution < -0.4 is 0 Å². The number of aliphatic hydroxyl groups is 4. The highest BCUT2D eigenvalue weighted by atomic mass is 16.5. The molecule has 0 radical (unpaired) electrons. The molecule has 0 fully saturated rings. The summed E-state index contributed by atoms with van der Waals surface area (Å²) in [5, 5.41) is 40.9. The molecule has 6 atom stereocenters. The van der Waals surface area contributed by atoms with Gasteiger partial charge in [-0.05, 0) is 49.6 Å². The molecule has 0 unspecified atom stereocenters. The number of ketones is 1. The van der Waals surface area contributed by atoms with Crippen LogP contribution in [0.15, 0.2) is 35.6 Å². The van der Waals surface area contributed by atoms with E-state index < -0.39 is 35.1 Å². The highest BCUT2D eigenvalue weighted by Gasteiger charge is 2.47. The molecule has 6 heteroatoms. The Labute approximate surface area is 148 Å². The van der Waals surface area contributed by atoms with Crippen molar-refractivity contribution in [3.05, 3.63) is 35.6 Å². The molecule has 0 aromatic rings. The van der Waals surface area contributed by atoms with E-state index >= 15 is 0 Å². The van der Waals surface area contributed by atoms with Gasteiger partial charge in [-0.1, -0.05) is 20.3 Å². The van der Waals surface area contributed by atoms with Crippen molar-refractivity contribution in [2.75, 3.05) is 6.61 Å². The standard InChI is InChI=1S/C19H28O6/c1-5-11(2)16(21)18(3,23)7-6-13-8-12-9-15(20)19(4,24)17(22)14(12)10-25-13/h6-9,11,14,16-17,21-24H,5,10H2,1-4H3/b7-6+/t11-,14+,16-,17-,18+,19-/m0/s1. The number of carbonyl (C=O) groups is 1. The highest BCUT2D eigenvalue weighted by Crippen LogP contribution is 2.35. The average Bonchev–Trinajstić information content (AvgIpc) is 2.57. The van der Waals surface area contributed by atoms with Gasteiger partial charge >= 0.3 is 0 Å². The summed E-state index contributed by atoms with van der Waals surface area (Å²) in [5.41, 5.74) is -2.66. The predicted octanol–water partition coefficient (Wildman–Crippen LogP) is 0.852. The lowest BCUT2D eigenvalue weighted by atomic mass is 9.75. The van der Waals surface area contributed by atoms with Gasteiger partial charge in [-0.15, -0.1) is 0 Å². The largest absolute Gasteiger partial charge is 0.493 e. The molecule has 0 aromatic carbocycles. The minimum atomic E-state index is -1.82. The van der Waals surface area contributed by atoms with Gasteiger partial charge in [-0.25, -0.2) is 0 Å². The normalized spacial score (nSPS) is 34.5. The maximum absolute atomic E-state index is 12.0. The molecule has 4 N–H and O–H groups in total. The molecule has 1 aliphatic heterocycles. The van der Waals surface area contributed by atoms with Crippen molar-refractivity contribution in [2.45, 2.75) is 57.5 Å². The van der Waals surface area contributed by atoms with E-state index in [1.54, 1.807) is 12.2 Å². The van der Waals surface area contributed by atoms with E-state index in [4.69, 9.17) is 4.74 Å². The monoisotopic (exact) mass is 352 g/mol. The number of hydrogen-bond acceptors (Lipinski definition) is 6. The Morgan fingerprint density at radius 1 is 1.48 bits per heavy atom. The fourth-order valence-electron chi connectivity index (χ4n) is 3.10. The van der Waals surface area contributed by atoms with Crippen molar-refractivity contribution in [3.63, 3.8) is 0 Å². The number of rotatable bonds is 5. The molecule has 0 bridgehead atoms. The number of fused-ring (bicyclic) bond motifs is 1. The van der Waals surface area contributed by atoms with Crippen LogP contribution >= 0.6 is 0 Å². The highest BCUT2D eigenvalue weighted by molar-refractivity contribution is 5.99. The van der Waals surface area contributed by atoms with Crippen LogP contribution in [0.5, 0.6) is 0 Å². The van der Waals surface area contributed by atoms with Crippen molar-refractivity contribution in [2.24, 2.45) is 11.8 Å². The summed E-state index contributed by atoms with van der Waals surface area (Å²) in [6.45, 7) is 6.73. The second-order valence-electron chi connectivity index (χ2n) is 7.45. The van der Waals surface area contributed by atoms with Gasteiger partial charge in [0.1, 0.15) is 11.4 Å². The van der Waals surface area contributed by atoms with E-state index in [1.165, 1.54) is 26.0 Å². The molecule has 6 nitrogen and oxygen atoms in total. The summed E-state index contributed by atoms with van der Waals surface area (Å²) in [6.07, 6.45) is 4.51. The Morgan fingerprint density at radius 2 is 2.12 bits per heavy atom. The first kappa shape index (κ1) is 19.8. The van der Waals surface area contributed by atoms with Crippen LogP contribution in [-0.2, 0) is 9.53 Å². The van der Waals surface area contributed by atoms with Crippen molar-refractivity contribution < 1.29 is 30.0 Å². The van der Waals surface area contributed by atoms with Gasteiger partial charge < -0.3 is 25.2 Å². The minimum Gasteiger partial charge on any atom is -0.493 e. The summed E-state index contributed by atoms with van der Waals surface area (Å²) in [4.78, 5) is 12.0. The molecule has 2 rings (SSSR count). The number of ether oxygens (including phenoxy) is 1. The Balaban J connectivity index is 2.21. The Morgan fingerprint density at radius 3 is 2.72 bits per heavy atom. The fraction of sp³-hybridized carbons (Fsp3) is 0.632. The predicted molar refractivity (Wildman–Crippen MR) is 92.5 cm³/mol. The molecule has 2 aliphatic rings. The van der Waals surface area contributed by atoms with E-state index in [1.807, 2.05) is 13.8 Å². The molecule has 0 amide bonds. The van der Waals surface area contributed by atoms with Crippen LogP contribution in [0.25, 0.3) is 0 Å². The van der Waals surface area contributed by atoms with Gasteiger partial charge in [0, 0.05) is 5.92 Å². The van der Waals surface area contributed by atoms with E-state index in [0.29, 0.717) is 11.3 Å². The summed E-state index contributed by atoms with van der Waals surface area (Å²) >= 11 is 0. The topological polar surface area (TPSA) is 107 Å². The van der Waals surface area contributed by atoms with Crippen molar-refractivity contribution in [1.29, 1.82) is 0 Å². The molecule has 25 heavy (non-hydrogen) atoms. The maximum atomic E-state index is 12.0. The van der Waals surface area contributed by atoms with Crippen LogP contribution in [0.3, 0.4) is 0 Å². The van der Waals surface area contributed by atoms with Crippen LogP contribution in [0.2, 0.25) is 0 Å². The van der Waals surface area contributed by atoms with E-state index in [9.17, 15) is 25.2 Å². The van der Waals surface area contributed by atoms with Crippen LogP contribution in [0.1, 0.15) is 34.1 Å². The fourth-order valence-corrected chi connectivity index (χ4v) is 3.10. The first-order valence-electron chi connectivity index (χ1n) is 8.61. The molecular weight excluding hydrogens is 324 g/mol. The molecule has 0 spiro atoms. The summed E-state index contributed by atoms with van der Waals surface area (Å²) < 4.78 is 5.57. The molecule has 0 saturated heterocycles.